The highest BCUT2D eigenvalue weighted by molar-refractivity contribution is 7.89. The quantitative estimate of drug-likeness (QED) is 0.701. The molecule has 0 bridgehead atoms. The number of amides is 2. The number of nitrogens with one attached hydrogen (secondary N) is 2. The first kappa shape index (κ1) is 19.8. The average molecular weight is 394 g/mol. The zero-order chi connectivity index (χ0) is 19.6. The topological polar surface area (TPSA) is 95.6 Å². The fraction of sp³-hybridized carbons (Fsp3) is 0.579. The Morgan fingerprint density at radius 3 is 2.63 bits per heavy atom. The molecule has 0 aromatic heterocycles. The number of rotatable bonds is 8. The Hall–Kier alpha value is -1.93. The highest BCUT2D eigenvalue weighted by atomic mass is 32.2. The summed E-state index contributed by atoms with van der Waals surface area (Å²) in [6.07, 6.45) is 3.48. The first-order valence-electron chi connectivity index (χ1n) is 9.56. The van der Waals surface area contributed by atoms with Crippen molar-refractivity contribution in [1.29, 1.82) is 0 Å². The van der Waals surface area contributed by atoms with E-state index in [0.29, 0.717) is 13.0 Å². The Kier molecular flexibility index (Phi) is 5.86. The zero-order valence-corrected chi connectivity index (χ0v) is 16.6. The van der Waals surface area contributed by atoms with E-state index in [9.17, 15) is 18.0 Å². The molecule has 1 aromatic rings. The van der Waals surface area contributed by atoms with E-state index in [1.165, 1.54) is 6.07 Å². The summed E-state index contributed by atoms with van der Waals surface area (Å²) in [5.41, 5.74) is 1.69. The number of carbonyl (C=O) groups is 2. The fourth-order valence-electron chi connectivity index (χ4n) is 3.37. The summed E-state index contributed by atoms with van der Waals surface area (Å²) in [6, 6.07) is 4.94. The van der Waals surface area contributed by atoms with Crippen LogP contribution in [0, 0.1) is 5.92 Å². The summed E-state index contributed by atoms with van der Waals surface area (Å²) in [6.45, 7) is 4.58. The molecule has 2 aliphatic rings. The highest BCUT2D eigenvalue weighted by Gasteiger charge is 2.39. The molecule has 1 heterocycles. The second kappa shape index (κ2) is 7.98. The summed E-state index contributed by atoms with van der Waals surface area (Å²) >= 11 is 0. The van der Waals surface area contributed by atoms with Gasteiger partial charge in [0.25, 0.3) is 0 Å². The Balaban J connectivity index is 1.66. The van der Waals surface area contributed by atoms with Gasteiger partial charge < -0.3 is 10.2 Å². The van der Waals surface area contributed by atoms with Crippen LogP contribution in [0.4, 0.5) is 5.69 Å². The number of anilines is 1. The second-order valence-electron chi connectivity index (χ2n) is 7.32. The van der Waals surface area contributed by atoms with E-state index in [2.05, 4.69) is 10.0 Å². The van der Waals surface area contributed by atoms with Crippen LogP contribution >= 0.6 is 0 Å². The number of nitrogens with zero attached hydrogens (tertiary/aromatic N) is 1. The molecule has 0 radical (unpaired) electrons. The molecule has 7 nitrogen and oxygen atoms in total. The van der Waals surface area contributed by atoms with Gasteiger partial charge in [-0.15, -0.1) is 0 Å². The molecule has 1 saturated carbocycles. The lowest BCUT2D eigenvalue weighted by molar-refractivity contribution is -0.121. The predicted molar refractivity (Wildman–Crippen MR) is 103 cm³/mol. The Morgan fingerprint density at radius 1 is 1.22 bits per heavy atom. The Morgan fingerprint density at radius 2 is 1.96 bits per heavy atom. The van der Waals surface area contributed by atoms with Gasteiger partial charge in [-0.1, -0.05) is 6.92 Å². The number of carbonyl (C=O) groups excluding carboxylic acids is 2. The maximum absolute atomic E-state index is 12.5. The molecule has 2 N–H and O–H groups in total. The molecule has 27 heavy (non-hydrogen) atoms. The van der Waals surface area contributed by atoms with Crippen LogP contribution in [-0.4, -0.2) is 39.4 Å². The zero-order valence-electron chi connectivity index (χ0n) is 15.8. The van der Waals surface area contributed by atoms with E-state index in [0.717, 1.165) is 30.5 Å². The third-order valence-electron chi connectivity index (χ3n) is 4.96. The average Bonchev–Trinajstić information content (AvgIpc) is 3.41. The Bertz CT molecular complexity index is 833. The van der Waals surface area contributed by atoms with Crippen LogP contribution in [0.25, 0.3) is 0 Å². The van der Waals surface area contributed by atoms with Gasteiger partial charge in [0, 0.05) is 37.2 Å². The molecule has 3 rings (SSSR count). The van der Waals surface area contributed by atoms with Crippen molar-refractivity contribution in [3.05, 3.63) is 23.8 Å². The van der Waals surface area contributed by atoms with Crippen LogP contribution in [0.15, 0.2) is 23.1 Å². The molecule has 1 aliphatic heterocycles. The van der Waals surface area contributed by atoms with E-state index in [1.807, 2.05) is 18.7 Å². The minimum atomic E-state index is -3.69. The van der Waals surface area contributed by atoms with Gasteiger partial charge in [-0.05, 0) is 56.4 Å². The third kappa shape index (κ3) is 4.50. The fourth-order valence-corrected chi connectivity index (χ4v) is 4.45. The molecule has 0 unspecified atom stereocenters. The van der Waals surface area contributed by atoms with Gasteiger partial charge in [0.05, 0.1) is 4.90 Å². The molecule has 1 atom stereocenters. The van der Waals surface area contributed by atoms with Gasteiger partial charge in [-0.25, -0.2) is 13.1 Å². The summed E-state index contributed by atoms with van der Waals surface area (Å²) in [5.74, 6) is 0.104. The molecule has 148 valence electrons. The van der Waals surface area contributed by atoms with Gasteiger partial charge >= 0.3 is 0 Å². The van der Waals surface area contributed by atoms with E-state index in [-0.39, 0.29) is 41.6 Å². The predicted octanol–water partition coefficient (Wildman–Crippen LogP) is 1.57. The second-order valence-corrected chi connectivity index (χ2v) is 9.09. The van der Waals surface area contributed by atoms with Crippen LogP contribution in [0.1, 0.15) is 45.1 Å². The van der Waals surface area contributed by atoms with Crippen molar-refractivity contribution in [2.45, 2.75) is 56.9 Å². The van der Waals surface area contributed by atoms with Crippen molar-refractivity contribution in [2.24, 2.45) is 5.92 Å². The third-order valence-corrected chi connectivity index (χ3v) is 6.42. The molecule has 0 saturated heterocycles. The number of hydrogen-bond donors (Lipinski definition) is 2. The maximum Gasteiger partial charge on any atom is 0.240 e. The lowest BCUT2D eigenvalue weighted by Crippen LogP contribution is -2.36. The maximum atomic E-state index is 12.5. The van der Waals surface area contributed by atoms with Crippen LogP contribution in [0.2, 0.25) is 0 Å². The van der Waals surface area contributed by atoms with Crippen molar-refractivity contribution in [3.63, 3.8) is 0 Å². The molecular weight excluding hydrogens is 366 g/mol. The lowest BCUT2D eigenvalue weighted by atomic mass is 10.1. The molecule has 0 spiro atoms. The molecule has 2 amide bonds. The number of benzene rings is 1. The number of sulfonamides is 1. The summed E-state index contributed by atoms with van der Waals surface area (Å²) in [7, 11) is -3.69. The molecule has 1 fully saturated rings. The summed E-state index contributed by atoms with van der Waals surface area (Å²) < 4.78 is 27.5. The van der Waals surface area contributed by atoms with Crippen molar-refractivity contribution in [1.82, 2.24) is 10.0 Å². The summed E-state index contributed by atoms with van der Waals surface area (Å²) in [5, 5.41) is 2.72. The minimum Gasteiger partial charge on any atom is -0.356 e. The summed E-state index contributed by atoms with van der Waals surface area (Å²) in [4.78, 5) is 26.1. The van der Waals surface area contributed by atoms with E-state index >= 15 is 0 Å². The van der Waals surface area contributed by atoms with Crippen LogP contribution in [-0.2, 0) is 26.0 Å². The SMILES string of the molecule is CCCNC(=O)CCNS(=O)(=O)c1ccc2c(c1)C[C@@H](C)N2C(=O)C1CC1. The normalized spacial score (nSPS) is 19.0. The first-order chi connectivity index (χ1) is 12.8. The van der Waals surface area contributed by atoms with Gasteiger partial charge in [0.2, 0.25) is 21.8 Å². The lowest BCUT2D eigenvalue weighted by Gasteiger charge is -2.22. The van der Waals surface area contributed by atoms with Crippen LogP contribution in [0.3, 0.4) is 0 Å². The van der Waals surface area contributed by atoms with Crippen LogP contribution in [0.5, 0.6) is 0 Å². The standard InChI is InChI=1S/C19H27N3O4S/c1-3-9-20-18(23)8-10-21-27(25,26)16-6-7-17-15(12-16)11-13(2)22(17)19(24)14-4-5-14/h6-7,12-14,21H,3-5,8-11H2,1-2H3,(H,20,23)/t13-/m1/s1. The van der Waals surface area contributed by atoms with Crippen molar-refractivity contribution in [3.8, 4) is 0 Å². The van der Waals surface area contributed by atoms with Crippen molar-refractivity contribution >= 4 is 27.5 Å². The van der Waals surface area contributed by atoms with Crippen molar-refractivity contribution < 1.29 is 18.0 Å². The number of hydrogen-bond acceptors (Lipinski definition) is 4. The minimum absolute atomic E-state index is 0.0428. The van der Waals surface area contributed by atoms with E-state index in [4.69, 9.17) is 0 Å². The van der Waals surface area contributed by atoms with Gasteiger partial charge in [-0.3, -0.25) is 9.59 Å². The monoisotopic (exact) mass is 393 g/mol. The highest BCUT2D eigenvalue weighted by Crippen LogP contribution is 2.39. The van der Waals surface area contributed by atoms with Gasteiger partial charge in [0.15, 0.2) is 0 Å². The first-order valence-corrected chi connectivity index (χ1v) is 11.0. The van der Waals surface area contributed by atoms with Gasteiger partial charge in [-0.2, -0.15) is 0 Å². The molecule has 8 heteroatoms. The van der Waals surface area contributed by atoms with E-state index < -0.39 is 10.0 Å². The largest absolute Gasteiger partial charge is 0.356 e. The molecular formula is C19H27N3O4S. The van der Waals surface area contributed by atoms with E-state index in [1.54, 1.807) is 12.1 Å². The Labute approximate surface area is 160 Å². The molecule has 1 aliphatic carbocycles. The molecule has 1 aromatic carbocycles. The van der Waals surface area contributed by atoms with Crippen molar-refractivity contribution in [2.75, 3.05) is 18.0 Å². The van der Waals surface area contributed by atoms with Crippen LogP contribution < -0.4 is 14.9 Å². The van der Waals surface area contributed by atoms with Gasteiger partial charge in [0.1, 0.15) is 0 Å². The number of fused-ring (bicyclic) bond motifs is 1. The smallest absolute Gasteiger partial charge is 0.240 e.